The van der Waals surface area contributed by atoms with E-state index < -0.39 is 0 Å². The fourth-order valence-corrected chi connectivity index (χ4v) is 2.89. The lowest BCUT2D eigenvalue weighted by Crippen LogP contribution is -2.53. The number of hydrogen-bond acceptors (Lipinski definition) is 5. The lowest BCUT2D eigenvalue weighted by molar-refractivity contribution is 0.0594. The first kappa shape index (κ1) is 17.8. The standard InChI is InChI=1S/C14H29N3O2S/c1-3-13(14(15)20)17-8-6-16(7-9-17)5-4-10-19-12-11-18-2/h13H,3-12H2,1-2H3,(H2,15,20). The molecule has 5 nitrogen and oxygen atoms in total. The Hall–Kier alpha value is -0.270. The number of nitrogens with two attached hydrogens (primary N) is 1. The molecule has 2 N–H and O–H groups in total. The van der Waals surface area contributed by atoms with Gasteiger partial charge in [-0.15, -0.1) is 0 Å². The minimum atomic E-state index is 0.268. The van der Waals surface area contributed by atoms with Crippen molar-refractivity contribution in [2.45, 2.75) is 25.8 Å². The molecule has 1 fully saturated rings. The highest BCUT2D eigenvalue weighted by Crippen LogP contribution is 2.10. The van der Waals surface area contributed by atoms with Crippen molar-refractivity contribution < 1.29 is 9.47 Å². The summed E-state index contributed by atoms with van der Waals surface area (Å²) in [6, 6.07) is 0.268. The lowest BCUT2D eigenvalue weighted by atomic mass is 10.1. The summed E-state index contributed by atoms with van der Waals surface area (Å²) in [5, 5.41) is 0. The average Bonchev–Trinajstić information content (AvgIpc) is 2.44. The maximum atomic E-state index is 5.80. The smallest absolute Gasteiger partial charge is 0.0901 e. The van der Waals surface area contributed by atoms with Gasteiger partial charge in [0.2, 0.25) is 0 Å². The predicted octanol–water partition coefficient (Wildman–Crippen LogP) is 0.722. The van der Waals surface area contributed by atoms with Gasteiger partial charge in [0.1, 0.15) is 0 Å². The van der Waals surface area contributed by atoms with Crippen LogP contribution in [0, 0.1) is 0 Å². The molecule has 1 aliphatic heterocycles. The Bertz CT molecular complexity index is 271. The van der Waals surface area contributed by atoms with Crippen LogP contribution >= 0.6 is 12.2 Å². The van der Waals surface area contributed by atoms with Gasteiger partial charge in [0.25, 0.3) is 0 Å². The van der Waals surface area contributed by atoms with E-state index in [4.69, 9.17) is 27.4 Å². The van der Waals surface area contributed by atoms with Crippen LogP contribution in [0.3, 0.4) is 0 Å². The van der Waals surface area contributed by atoms with Crippen LogP contribution in [-0.4, -0.2) is 80.5 Å². The van der Waals surface area contributed by atoms with Crippen molar-refractivity contribution in [1.82, 2.24) is 9.80 Å². The van der Waals surface area contributed by atoms with Gasteiger partial charge in [-0.1, -0.05) is 19.1 Å². The Morgan fingerprint density at radius 3 is 2.45 bits per heavy atom. The molecule has 20 heavy (non-hydrogen) atoms. The largest absolute Gasteiger partial charge is 0.392 e. The number of rotatable bonds is 10. The van der Waals surface area contributed by atoms with E-state index in [0.29, 0.717) is 18.2 Å². The van der Waals surface area contributed by atoms with Crippen LogP contribution in [-0.2, 0) is 9.47 Å². The summed E-state index contributed by atoms with van der Waals surface area (Å²) in [5.41, 5.74) is 5.80. The Balaban J connectivity index is 2.11. The van der Waals surface area contributed by atoms with Gasteiger partial charge in [-0.05, 0) is 12.8 Å². The Labute approximate surface area is 128 Å². The number of thiocarbonyl (C=S) groups is 1. The molecule has 1 saturated heterocycles. The first-order valence-corrected chi connectivity index (χ1v) is 7.92. The molecule has 1 rings (SSSR count). The first-order valence-electron chi connectivity index (χ1n) is 7.51. The third kappa shape index (κ3) is 6.45. The van der Waals surface area contributed by atoms with Gasteiger partial charge in [0.05, 0.1) is 24.2 Å². The Kier molecular flexibility index (Phi) is 9.30. The monoisotopic (exact) mass is 303 g/mol. The van der Waals surface area contributed by atoms with E-state index in [9.17, 15) is 0 Å². The summed E-state index contributed by atoms with van der Waals surface area (Å²) in [5.74, 6) is 0. The molecule has 0 aromatic carbocycles. The van der Waals surface area contributed by atoms with E-state index in [1.807, 2.05) is 0 Å². The summed E-state index contributed by atoms with van der Waals surface area (Å²) >= 11 is 5.14. The molecule has 6 heteroatoms. The van der Waals surface area contributed by atoms with Crippen molar-refractivity contribution in [2.24, 2.45) is 5.73 Å². The molecule has 0 bridgehead atoms. The van der Waals surface area contributed by atoms with E-state index in [1.165, 1.54) is 0 Å². The second-order valence-corrected chi connectivity index (χ2v) is 5.63. The van der Waals surface area contributed by atoms with Crippen molar-refractivity contribution in [2.75, 3.05) is 59.7 Å². The molecule has 0 spiro atoms. The maximum Gasteiger partial charge on any atom is 0.0901 e. The molecule has 1 heterocycles. The van der Waals surface area contributed by atoms with Gasteiger partial charge in [-0.25, -0.2) is 0 Å². The Morgan fingerprint density at radius 2 is 1.90 bits per heavy atom. The average molecular weight is 303 g/mol. The number of methoxy groups -OCH3 is 1. The normalized spacial score (nSPS) is 19.1. The van der Waals surface area contributed by atoms with Crippen molar-refractivity contribution in [3.8, 4) is 0 Å². The van der Waals surface area contributed by atoms with Crippen molar-refractivity contribution in [3.05, 3.63) is 0 Å². The number of nitrogens with zero attached hydrogens (tertiary/aromatic N) is 2. The molecule has 118 valence electrons. The fourth-order valence-electron chi connectivity index (χ4n) is 2.57. The molecular weight excluding hydrogens is 274 g/mol. The van der Waals surface area contributed by atoms with Crippen LogP contribution in [0.25, 0.3) is 0 Å². The quantitative estimate of drug-likeness (QED) is 0.474. The van der Waals surface area contributed by atoms with E-state index in [0.717, 1.165) is 52.2 Å². The molecule has 0 amide bonds. The molecule has 0 aliphatic carbocycles. The predicted molar refractivity (Wildman–Crippen MR) is 86.2 cm³/mol. The molecule has 1 atom stereocenters. The van der Waals surface area contributed by atoms with Gasteiger partial charge in [-0.3, -0.25) is 4.90 Å². The minimum absolute atomic E-state index is 0.268. The molecule has 0 radical (unpaired) electrons. The van der Waals surface area contributed by atoms with Gasteiger partial charge in [0, 0.05) is 46.4 Å². The third-order valence-electron chi connectivity index (χ3n) is 3.76. The fraction of sp³-hybridized carbons (Fsp3) is 0.929. The second-order valence-electron chi connectivity index (χ2n) is 5.16. The van der Waals surface area contributed by atoms with Crippen LogP contribution < -0.4 is 5.73 Å². The SMILES string of the molecule is CCC(C(N)=S)N1CCN(CCCOCCOC)CC1. The van der Waals surface area contributed by atoms with Gasteiger partial charge in [-0.2, -0.15) is 0 Å². The zero-order valence-corrected chi connectivity index (χ0v) is 13.7. The van der Waals surface area contributed by atoms with E-state index in [-0.39, 0.29) is 6.04 Å². The molecule has 0 saturated carbocycles. The van der Waals surface area contributed by atoms with Crippen LogP contribution in [0.4, 0.5) is 0 Å². The highest BCUT2D eigenvalue weighted by atomic mass is 32.1. The molecule has 0 aromatic heterocycles. The lowest BCUT2D eigenvalue weighted by Gasteiger charge is -2.38. The Morgan fingerprint density at radius 1 is 1.20 bits per heavy atom. The van der Waals surface area contributed by atoms with E-state index in [2.05, 4.69) is 16.7 Å². The number of hydrogen-bond donors (Lipinski definition) is 1. The summed E-state index contributed by atoms with van der Waals surface area (Å²) in [4.78, 5) is 5.53. The number of ether oxygens (including phenoxy) is 2. The topological polar surface area (TPSA) is 51.0 Å². The van der Waals surface area contributed by atoms with Gasteiger partial charge >= 0.3 is 0 Å². The summed E-state index contributed by atoms with van der Waals surface area (Å²) in [6.45, 7) is 9.73. The van der Waals surface area contributed by atoms with E-state index >= 15 is 0 Å². The summed E-state index contributed by atoms with van der Waals surface area (Å²) < 4.78 is 10.4. The van der Waals surface area contributed by atoms with Crippen LogP contribution in [0.15, 0.2) is 0 Å². The van der Waals surface area contributed by atoms with Gasteiger partial charge in [0.15, 0.2) is 0 Å². The molecule has 1 aliphatic rings. The maximum absolute atomic E-state index is 5.80. The number of piperazine rings is 1. The van der Waals surface area contributed by atoms with Crippen LogP contribution in [0.1, 0.15) is 19.8 Å². The highest BCUT2D eigenvalue weighted by Gasteiger charge is 2.23. The van der Waals surface area contributed by atoms with Crippen molar-refractivity contribution in [1.29, 1.82) is 0 Å². The molecule has 0 aromatic rings. The molecule has 1 unspecified atom stereocenters. The third-order valence-corrected chi connectivity index (χ3v) is 4.03. The van der Waals surface area contributed by atoms with Gasteiger partial charge < -0.3 is 20.1 Å². The highest BCUT2D eigenvalue weighted by molar-refractivity contribution is 7.80. The minimum Gasteiger partial charge on any atom is -0.392 e. The first-order chi connectivity index (χ1) is 9.69. The zero-order chi connectivity index (χ0) is 14.8. The van der Waals surface area contributed by atoms with Crippen molar-refractivity contribution in [3.63, 3.8) is 0 Å². The van der Waals surface area contributed by atoms with Crippen LogP contribution in [0.2, 0.25) is 0 Å². The van der Waals surface area contributed by atoms with Crippen molar-refractivity contribution >= 4 is 17.2 Å². The second kappa shape index (κ2) is 10.5. The zero-order valence-electron chi connectivity index (χ0n) is 12.8. The molecular formula is C14H29N3O2S. The van der Waals surface area contributed by atoms with Crippen LogP contribution in [0.5, 0.6) is 0 Å². The summed E-state index contributed by atoms with van der Waals surface area (Å²) in [6.07, 6.45) is 2.08. The van der Waals surface area contributed by atoms with E-state index in [1.54, 1.807) is 7.11 Å². The summed E-state index contributed by atoms with van der Waals surface area (Å²) in [7, 11) is 1.69.